The van der Waals surface area contributed by atoms with E-state index < -0.39 is 0 Å². The maximum absolute atomic E-state index is 12.9. The van der Waals surface area contributed by atoms with Crippen LogP contribution in [0.25, 0.3) is 0 Å². The molecule has 0 radical (unpaired) electrons. The topological polar surface area (TPSA) is 65.5 Å². The molecule has 1 aromatic heterocycles. The van der Waals surface area contributed by atoms with Crippen molar-refractivity contribution in [3.63, 3.8) is 0 Å². The quantitative estimate of drug-likeness (QED) is 0.732. The Bertz CT molecular complexity index is 790. The third-order valence-electron chi connectivity index (χ3n) is 6.96. The van der Waals surface area contributed by atoms with Crippen LogP contribution in [0.1, 0.15) is 52.4 Å². The molecule has 4 heterocycles. The molecular formula is C24H34N4O2. The van der Waals surface area contributed by atoms with Gasteiger partial charge in [-0.15, -0.1) is 0 Å². The van der Waals surface area contributed by atoms with Crippen LogP contribution in [0.15, 0.2) is 36.2 Å². The van der Waals surface area contributed by atoms with Crippen LogP contribution in [0, 0.1) is 11.8 Å². The van der Waals surface area contributed by atoms with Crippen LogP contribution in [0.2, 0.25) is 0 Å². The van der Waals surface area contributed by atoms with E-state index in [2.05, 4.69) is 52.2 Å². The molecule has 4 rings (SSSR count). The third kappa shape index (κ3) is 4.52. The van der Waals surface area contributed by atoms with Gasteiger partial charge in [0, 0.05) is 56.6 Å². The number of piperidine rings is 3. The molecule has 1 N–H and O–H groups in total. The SMILES string of the molecule is CC(C)=CCCC(=O)NC[C@H]1[C@H]2C[C@H](CN(c3ccncc3)C2)[C@@H]2CCCC(=O)N21. The molecule has 2 amide bonds. The molecular weight excluding hydrogens is 376 g/mol. The second kappa shape index (κ2) is 9.19. The fourth-order valence-electron chi connectivity index (χ4n) is 5.60. The Kier molecular flexibility index (Phi) is 6.40. The molecule has 0 aromatic carbocycles. The lowest BCUT2D eigenvalue weighted by Crippen LogP contribution is -2.67. The predicted octanol–water partition coefficient (Wildman–Crippen LogP) is 3.15. The van der Waals surface area contributed by atoms with Gasteiger partial charge in [0.05, 0.1) is 6.04 Å². The highest BCUT2D eigenvalue weighted by Crippen LogP contribution is 2.42. The molecule has 0 spiro atoms. The van der Waals surface area contributed by atoms with Gasteiger partial charge in [0.15, 0.2) is 0 Å². The maximum atomic E-state index is 12.9. The second-order valence-electron chi connectivity index (χ2n) is 9.32. The summed E-state index contributed by atoms with van der Waals surface area (Å²) in [7, 11) is 0. The molecule has 3 aliphatic heterocycles. The van der Waals surface area contributed by atoms with E-state index in [0.29, 0.717) is 37.3 Å². The van der Waals surface area contributed by atoms with Crippen molar-refractivity contribution in [3.8, 4) is 0 Å². The summed E-state index contributed by atoms with van der Waals surface area (Å²) in [4.78, 5) is 34.1. The summed E-state index contributed by atoms with van der Waals surface area (Å²) in [6.45, 7) is 6.59. The Morgan fingerprint density at radius 3 is 2.77 bits per heavy atom. The number of allylic oxidation sites excluding steroid dienone is 2. The van der Waals surface area contributed by atoms with Crippen LogP contribution >= 0.6 is 0 Å². The Balaban J connectivity index is 1.48. The molecule has 30 heavy (non-hydrogen) atoms. The molecule has 162 valence electrons. The first-order valence-electron chi connectivity index (χ1n) is 11.4. The first-order chi connectivity index (χ1) is 14.5. The first-order valence-corrected chi connectivity index (χ1v) is 11.4. The number of fused-ring (bicyclic) bond motifs is 4. The Hall–Kier alpha value is -2.37. The van der Waals surface area contributed by atoms with Gasteiger partial charge >= 0.3 is 0 Å². The summed E-state index contributed by atoms with van der Waals surface area (Å²) in [5.74, 6) is 1.25. The number of rotatable bonds is 6. The number of amides is 2. The minimum absolute atomic E-state index is 0.0810. The number of nitrogens with zero attached hydrogens (tertiary/aromatic N) is 3. The van der Waals surface area contributed by atoms with Crippen LogP contribution in [0.5, 0.6) is 0 Å². The number of hydrogen-bond donors (Lipinski definition) is 1. The normalized spacial score (nSPS) is 28.0. The highest BCUT2D eigenvalue weighted by molar-refractivity contribution is 5.79. The fraction of sp³-hybridized carbons (Fsp3) is 0.625. The summed E-state index contributed by atoms with van der Waals surface area (Å²) in [6, 6.07) is 4.55. The number of pyridine rings is 1. The number of aromatic nitrogens is 1. The number of nitrogens with one attached hydrogen (secondary N) is 1. The van der Waals surface area contributed by atoms with E-state index in [0.717, 1.165) is 38.8 Å². The van der Waals surface area contributed by atoms with Crippen LogP contribution in [0.3, 0.4) is 0 Å². The van der Waals surface area contributed by atoms with Crippen molar-refractivity contribution >= 4 is 17.5 Å². The van der Waals surface area contributed by atoms with E-state index in [4.69, 9.17) is 0 Å². The van der Waals surface area contributed by atoms with E-state index >= 15 is 0 Å². The van der Waals surface area contributed by atoms with E-state index in [1.807, 2.05) is 12.4 Å². The van der Waals surface area contributed by atoms with E-state index in [-0.39, 0.29) is 17.9 Å². The first kappa shape index (κ1) is 20.9. The Morgan fingerprint density at radius 2 is 2.00 bits per heavy atom. The van der Waals surface area contributed by atoms with Gasteiger partial charge in [0.2, 0.25) is 11.8 Å². The molecule has 1 aromatic rings. The zero-order valence-corrected chi connectivity index (χ0v) is 18.2. The molecule has 3 aliphatic rings. The zero-order chi connectivity index (χ0) is 21.1. The number of anilines is 1. The standard InChI is InChI=1S/C24H34N4O2/c1-17(2)5-3-7-23(29)26-14-22-19-13-18(21-6-4-8-24(30)28(21)22)15-27(16-19)20-9-11-25-12-10-20/h5,9-12,18-19,21-22H,3-4,6-8,13-16H2,1-2H3,(H,26,29)/t18-,19+,21+,22+/m1/s1. The monoisotopic (exact) mass is 410 g/mol. The van der Waals surface area contributed by atoms with Crippen LogP contribution in [0.4, 0.5) is 5.69 Å². The average Bonchev–Trinajstić information content (AvgIpc) is 2.74. The van der Waals surface area contributed by atoms with Gasteiger partial charge < -0.3 is 15.1 Å². The van der Waals surface area contributed by atoms with Crippen LogP contribution < -0.4 is 10.2 Å². The molecule has 0 unspecified atom stereocenters. The molecule has 3 saturated heterocycles. The van der Waals surface area contributed by atoms with E-state index in [1.165, 1.54) is 11.3 Å². The van der Waals surface area contributed by atoms with Crippen molar-refractivity contribution in [2.45, 2.75) is 64.5 Å². The number of carbonyl (C=O) groups excluding carboxylic acids is 2. The van der Waals surface area contributed by atoms with Crippen molar-refractivity contribution in [1.82, 2.24) is 15.2 Å². The molecule has 4 atom stereocenters. The van der Waals surface area contributed by atoms with E-state index in [9.17, 15) is 9.59 Å². The third-order valence-corrected chi connectivity index (χ3v) is 6.96. The van der Waals surface area contributed by atoms with Gasteiger partial charge in [-0.3, -0.25) is 14.6 Å². The van der Waals surface area contributed by atoms with Crippen molar-refractivity contribution in [1.29, 1.82) is 0 Å². The van der Waals surface area contributed by atoms with Gasteiger partial charge in [-0.05, 0) is 63.5 Å². The molecule has 2 bridgehead atoms. The Morgan fingerprint density at radius 1 is 1.23 bits per heavy atom. The summed E-state index contributed by atoms with van der Waals surface area (Å²) >= 11 is 0. The van der Waals surface area contributed by atoms with Gasteiger partial charge in [0.1, 0.15) is 0 Å². The highest BCUT2D eigenvalue weighted by atomic mass is 16.2. The molecule has 3 fully saturated rings. The summed E-state index contributed by atoms with van der Waals surface area (Å²) in [5, 5.41) is 3.15. The predicted molar refractivity (Wildman–Crippen MR) is 118 cm³/mol. The van der Waals surface area contributed by atoms with E-state index in [1.54, 1.807) is 0 Å². The maximum Gasteiger partial charge on any atom is 0.223 e. The largest absolute Gasteiger partial charge is 0.371 e. The number of carbonyl (C=O) groups is 2. The fourth-order valence-corrected chi connectivity index (χ4v) is 5.60. The lowest BCUT2D eigenvalue weighted by molar-refractivity contribution is -0.149. The molecule has 6 nitrogen and oxygen atoms in total. The van der Waals surface area contributed by atoms with Crippen molar-refractivity contribution in [2.75, 3.05) is 24.5 Å². The lowest BCUT2D eigenvalue weighted by atomic mass is 9.72. The van der Waals surface area contributed by atoms with Gasteiger partial charge in [0.25, 0.3) is 0 Å². The van der Waals surface area contributed by atoms with Gasteiger partial charge in [-0.2, -0.15) is 0 Å². The number of hydrogen-bond acceptors (Lipinski definition) is 4. The Labute approximate surface area is 179 Å². The lowest BCUT2D eigenvalue weighted by Gasteiger charge is -2.57. The molecule has 0 aliphatic carbocycles. The van der Waals surface area contributed by atoms with Crippen molar-refractivity contribution in [2.24, 2.45) is 11.8 Å². The molecule has 0 saturated carbocycles. The smallest absolute Gasteiger partial charge is 0.223 e. The second-order valence-corrected chi connectivity index (χ2v) is 9.32. The molecule has 6 heteroatoms. The highest BCUT2D eigenvalue weighted by Gasteiger charge is 2.49. The van der Waals surface area contributed by atoms with Crippen LogP contribution in [-0.4, -0.2) is 53.4 Å². The summed E-state index contributed by atoms with van der Waals surface area (Å²) in [5.41, 5.74) is 2.45. The van der Waals surface area contributed by atoms with Crippen LogP contribution in [-0.2, 0) is 9.59 Å². The van der Waals surface area contributed by atoms with Gasteiger partial charge in [-0.1, -0.05) is 11.6 Å². The van der Waals surface area contributed by atoms with Crippen molar-refractivity contribution < 1.29 is 9.59 Å². The zero-order valence-electron chi connectivity index (χ0n) is 18.2. The minimum atomic E-state index is 0.0810. The average molecular weight is 411 g/mol. The summed E-state index contributed by atoms with van der Waals surface area (Å²) < 4.78 is 0. The van der Waals surface area contributed by atoms with Crippen molar-refractivity contribution in [3.05, 3.63) is 36.2 Å². The summed E-state index contributed by atoms with van der Waals surface area (Å²) in [6.07, 6.45) is 10.9. The van der Waals surface area contributed by atoms with Gasteiger partial charge in [-0.25, -0.2) is 0 Å². The minimum Gasteiger partial charge on any atom is -0.371 e.